The Labute approximate surface area is 278 Å². The molecule has 4 aromatic rings. The molecule has 0 fully saturated rings. The minimum Gasteiger partial charge on any atom is -0.497 e. The summed E-state index contributed by atoms with van der Waals surface area (Å²) in [5, 5.41) is 2.97. The van der Waals surface area contributed by atoms with Crippen LogP contribution in [-0.4, -0.2) is 58.0 Å². The van der Waals surface area contributed by atoms with Crippen molar-refractivity contribution in [3.8, 4) is 11.5 Å². The lowest BCUT2D eigenvalue weighted by Gasteiger charge is -2.34. The average Bonchev–Trinajstić information content (AvgIpc) is 3.06. The number of nitrogens with zero attached hydrogens (tertiary/aromatic N) is 2. The molecule has 248 valence electrons. The molecule has 0 saturated heterocycles. The molecule has 1 N–H and O–H groups in total. The van der Waals surface area contributed by atoms with Gasteiger partial charge < -0.3 is 19.7 Å². The third-order valence-corrected chi connectivity index (χ3v) is 9.49. The lowest BCUT2D eigenvalue weighted by atomic mass is 10.0. The Morgan fingerprint density at radius 1 is 0.787 bits per heavy atom. The summed E-state index contributed by atoms with van der Waals surface area (Å²) in [6, 6.07) is 27.2. The van der Waals surface area contributed by atoms with Crippen molar-refractivity contribution in [2.75, 3.05) is 25.1 Å². The monoisotopic (exact) mass is 657 g/mol. The van der Waals surface area contributed by atoms with E-state index in [1.807, 2.05) is 82.3 Å². The molecule has 4 rings (SSSR count). The Hall–Kier alpha value is -4.83. The van der Waals surface area contributed by atoms with Gasteiger partial charge >= 0.3 is 0 Å². The number of anilines is 1. The van der Waals surface area contributed by atoms with Gasteiger partial charge in [0.25, 0.3) is 10.0 Å². The summed E-state index contributed by atoms with van der Waals surface area (Å²) in [7, 11) is -1.41. The number of nitrogens with one attached hydrogen (secondary N) is 1. The molecule has 0 aliphatic rings. The second-order valence-electron chi connectivity index (χ2n) is 11.7. The van der Waals surface area contributed by atoms with Gasteiger partial charge in [0.15, 0.2) is 0 Å². The molecule has 0 aliphatic carbocycles. The number of carbonyl (C=O) groups is 2. The number of aryl methyl sites for hydroxylation is 2. The Balaban J connectivity index is 1.86. The van der Waals surface area contributed by atoms with Crippen LogP contribution < -0.4 is 19.1 Å². The first-order valence-electron chi connectivity index (χ1n) is 15.4. The summed E-state index contributed by atoms with van der Waals surface area (Å²) in [4.78, 5) is 30.0. The highest BCUT2D eigenvalue weighted by Gasteiger charge is 2.36. The van der Waals surface area contributed by atoms with Crippen molar-refractivity contribution < 1.29 is 27.5 Å². The van der Waals surface area contributed by atoms with Gasteiger partial charge in [-0.2, -0.15) is 0 Å². The normalized spacial score (nSPS) is 11.9. The van der Waals surface area contributed by atoms with Gasteiger partial charge in [-0.1, -0.05) is 77.9 Å². The molecule has 1 unspecified atom stereocenters. The van der Waals surface area contributed by atoms with Crippen LogP contribution in [0, 0.1) is 13.8 Å². The van der Waals surface area contributed by atoms with Crippen molar-refractivity contribution in [2.45, 2.75) is 57.6 Å². The van der Waals surface area contributed by atoms with E-state index >= 15 is 0 Å². The van der Waals surface area contributed by atoms with E-state index in [0.29, 0.717) is 5.75 Å². The van der Waals surface area contributed by atoms with Gasteiger partial charge in [-0.15, -0.1) is 0 Å². The molecule has 0 bridgehead atoms. The average molecular weight is 658 g/mol. The van der Waals surface area contributed by atoms with E-state index in [-0.39, 0.29) is 41.2 Å². The largest absolute Gasteiger partial charge is 0.497 e. The predicted octanol–water partition coefficient (Wildman–Crippen LogP) is 5.68. The SMILES string of the molecule is COc1ccc(OC)c(N(CC(=O)N(Cc2ccc(C)cc2)C(Cc2ccccc2)C(=O)NC(C)C)S(=O)(=O)c2ccc(C)cc2)c1. The second kappa shape index (κ2) is 15.6. The van der Waals surface area contributed by atoms with Crippen molar-refractivity contribution in [2.24, 2.45) is 0 Å². The van der Waals surface area contributed by atoms with Crippen LogP contribution in [0.15, 0.2) is 102 Å². The minimum absolute atomic E-state index is 0.00393. The van der Waals surface area contributed by atoms with Crippen LogP contribution in [0.3, 0.4) is 0 Å². The minimum atomic E-state index is -4.31. The molecule has 4 aromatic carbocycles. The number of amides is 2. The van der Waals surface area contributed by atoms with Gasteiger partial charge in [-0.3, -0.25) is 13.9 Å². The molecule has 10 heteroatoms. The topological polar surface area (TPSA) is 105 Å². The van der Waals surface area contributed by atoms with E-state index in [9.17, 15) is 18.0 Å². The van der Waals surface area contributed by atoms with Crippen LogP contribution in [0.5, 0.6) is 11.5 Å². The Morgan fingerprint density at radius 2 is 1.40 bits per heavy atom. The van der Waals surface area contributed by atoms with Crippen molar-refractivity contribution in [1.82, 2.24) is 10.2 Å². The van der Waals surface area contributed by atoms with Gasteiger partial charge in [0, 0.05) is 25.1 Å². The summed E-state index contributed by atoms with van der Waals surface area (Å²) in [6.07, 6.45) is 0.226. The van der Waals surface area contributed by atoms with Crippen molar-refractivity contribution in [1.29, 1.82) is 0 Å². The highest BCUT2D eigenvalue weighted by atomic mass is 32.2. The summed E-state index contributed by atoms with van der Waals surface area (Å²) < 4.78 is 40.8. The molecular weight excluding hydrogens is 614 g/mol. The Kier molecular flexibility index (Phi) is 11.7. The highest BCUT2D eigenvalue weighted by Crippen LogP contribution is 2.36. The number of sulfonamides is 1. The number of benzene rings is 4. The molecule has 0 aromatic heterocycles. The molecule has 9 nitrogen and oxygen atoms in total. The summed E-state index contributed by atoms with van der Waals surface area (Å²) in [5.74, 6) is -0.285. The lowest BCUT2D eigenvalue weighted by molar-refractivity contribution is -0.140. The fourth-order valence-corrected chi connectivity index (χ4v) is 6.58. The fraction of sp³-hybridized carbons (Fsp3) is 0.297. The molecule has 47 heavy (non-hydrogen) atoms. The van der Waals surface area contributed by atoms with E-state index in [1.165, 1.54) is 37.3 Å². The molecule has 0 spiro atoms. The predicted molar refractivity (Wildman–Crippen MR) is 184 cm³/mol. The Bertz CT molecular complexity index is 1760. The number of hydrogen-bond donors (Lipinski definition) is 1. The second-order valence-corrected chi connectivity index (χ2v) is 13.6. The summed E-state index contributed by atoms with van der Waals surface area (Å²) in [5.41, 5.74) is 3.71. The van der Waals surface area contributed by atoms with Crippen molar-refractivity contribution >= 4 is 27.5 Å². The zero-order chi connectivity index (χ0) is 34.1. The third kappa shape index (κ3) is 8.92. The van der Waals surface area contributed by atoms with Crippen LogP contribution in [0.1, 0.15) is 36.1 Å². The molecule has 2 amide bonds. The fourth-order valence-electron chi connectivity index (χ4n) is 5.17. The molecule has 0 aliphatic heterocycles. The first-order valence-corrected chi connectivity index (χ1v) is 16.9. The number of ether oxygens (including phenoxy) is 2. The molecule has 0 radical (unpaired) electrons. The highest BCUT2D eigenvalue weighted by molar-refractivity contribution is 7.92. The van der Waals surface area contributed by atoms with E-state index in [4.69, 9.17) is 9.47 Å². The number of rotatable bonds is 14. The smallest absolute Gasteiger partial charge is 0.264 e. The maximum absolute atomic E-state index is 14.7. The van der Waals surface area contributed by atoms with Gasteiger partial charge in [0.1, 0.15) is 24.1 Å². The standard InChI is InChI=1S/C37H43N3O6S/c1-26(2)38-37(42)34(22-29-10-8-7-9-11-29)39(24-30-16-12-27(3)13-17-30)36(41)25-40(33-23-31(45-5)18-21-35(33)46-6)47(43,44)32-19-14-28(4)15-20-32/h7-21,23,26,34H,22,24-25H2,1-6H3,(H,38,42). The van der Waals surface area contributed by atoms with Crippen LogP contribution in [0.4, 0.5) is 5.69 Å². The maximum atomic E-state index is 14.7. The molecular formula is C37H43N3O6S. The van der Waals surface area contributed by atoms with Gasteiger partial charge in [-0.25, -0.2) is 8.42 Å². The Morgan fingerprint density at radius 3 is 1.98 bits per heavy atom. The van der Waals surface area contributed by atoms with Gasteiger partial charge in [0.05, 0.1) is 24.8 Å². The molecule has 0 heterocycles. The van der Waals surface area contributed by atoms with Gasteiger partial charge in [0.2, 0.25) is 11.8 Å². The van der Waals surface area contributed by atoms with E-state index in [0.717, 1.165) is 26.6 Å². The zero-order valence-electron chi connectivity index (χ0n) is 27.8. The summed E-state index contributed by atoms with van der Waals surface area (Å²) in [6.45, 7) is 7.02. The number of methoxy groups -OCH3 is 2. The van der Waals surface area contributed by atoms with Gasteiger partial charge in [-0.05, 0) is 63.1 Å². The van der Waals surface area contributed by atoms with Crippen molar-refractivity contribution in [3.05, 3.63) is 119 Å². The van der Waals surface area contributed by atoms with Crippen molar-refractivity contribution in [3.63, 3.8) is 0 Å². The van der Waals surface area contributed by atoms with Crippen LogP contribution in [-0.2, 0) is 32.6 Å². The summed E-state index contributed by atoms with van der Waals surface area (Å²) >= 11 is 0. The first kappa shape index (κ1) is 35.0. The first-order chi connectivity index (χ1) is 22.4. The molecule has 0 saturated carbocycles. The quantitative estimate of drug-likeness (QED) is 0.187. The van der Waals surface area contributed by atoms with E-state index in [2.05, 4.69) is 5.32 Å². The van der Waals surface area contributed by atoms with Crippen LogP contribution in [0.25, 0.3) is 0 Å². The van der Waals surface area contributed by atoms with Crippen LogP contribution >= 0.6 is 0 Å². The molecule has 1 atom stereocenters. The van der Waals surface area contributed by atoms with E-state index in [1.54, 1.807) is 24.3 Å². The number of hydrogen-bond acceptors (Lipinski definition) is 6. The lowest BCUT2D eigenvalue weighted by Crippen LogP contribution is -2.54. The van der Waals surface area contributed by atoms with E-state index < -0.39 is 28.5 Å². The van der Waals surface area contributed by atoms with Crippen LogP contribution in [0.2, 0.25) is 0 Å². The zero-order valence-corrected chi connectivity index (χ0v) is 28.6. The maximum Gasteiger partial charge on any atom is 0.264 e. The number of carbonyl (C=O) groups excluding carboxylic acids is 2. The third-order valence-electron chi connectivity index (χ3n) is 7.72.